The van der Waals surface area contributed by atoms with Gasteiger partial charge in [-0.25, -0.2) is 4.90 Å². The molecular formula is C19H14N2O3. The average Bonchev–Trinajstić information content (AvgIpc) is 2.86. The number of hydrogen-bond acceptors (Lipinski definition) is 4. The van der Waals surface area contributed by atoms with Gasteiger partial charge in [0.25, 0.3) is 11.8 Å². The summed E-state index contributed by atoms with van der Waals surface area (Å²) in [6, 6.07) is 12.3. The smallest absolute Gasteiger partial charge is 0.266 e. The Labute approximate surface area is 139 Å². The molecule has 118 valence electrons. The van der Waals surface area contributed by atoms with Crippen LogP contribution in [-0.2, 0) is 6.54 Å². The number of rotatable bonds is 2. The van der Waals surface area contributed by atoms with Crippen molar-refractivity contribution in [2.75, 3.05) is 18.2 Å². The lowest BCUT2D eigenvalue weighted by Crippen LogP contribution is -2.35. The summed E-state index contributed by atoms with van der Waals surface area (Å²) in [5.74, 6) is 2.52. The molecule has 0 aromatic heterocycles. The van der Waals surface area contributed by atoms with Crippen molar-refractivity contribution in [3.8, 4) is 18.1 Å². The van der Waals surface area contributed by atoms with Crippen LogP contribution in [-0.4, -0.2) is 30.0 Å². The summed E-state index contributed by atoms with van der Waals surface area (Å²) in [6.45, 7) is 1.44. The highest BCUT2D eigenvalue weighted by molar-refractivity contribution is 6.34. The van der Waals surface area contributed by atoms with E-state index in [1.807, 2.05) is 17.0 Å². The molecule has 0 saturated carbocycles. The summed E-state index contributed by atoms with van der Waals surface area (Å²) in [5.41, 5.74) is 2.24. The first-order chi connectivity index (χ1) is 11.7. The van der Waals surface area contributed by atoms with Crippen molar-refractivity contribution in [3.63, 3.8) is 0 Å². The number of carbonyl (C=O) groups is 2. The largest absolute Gasteiger partial charge is 0.476 e. The highest BCUT2D eigenvalue weighted by Crippen LogP contribution is 2.39. The fourth-order valence-corrected chi connectivity index (χ4v) is 3.12. The minimum absolute atomic E-state index is 0.321. The van der Waals surface area contributed by atoms with E-state index >= 15 is 0 Å². The predicted octanol–water partition coefficient (Wildman–Crippen LogP) is 2.27. The molecule has 2 aliphatic rings. The second-order valence-corrected chi connectivity index (χ2v) is 5.72. The van der Waals surface area contributed by atoms with Crippen LogP contribution in [0.5, 0.6) is 5.75 Å². The number of para-hydroxylation sites is 1. The lowest BCUT2D eigenvalue weighted by atomic mass is 10.1. The van der Waals surface area contributed by atoms with Gasteiger partial charge in [-0.15, -0.1) is 6.42 Å². The summed E-state index contributed by atoms with van der Waals surface area (Å²) in [4.78, 5) is 28.5. The molecule has 0 bridgehead atoms. The molecule has 0 unspecified atom stereocenters. The van der Waals surface area contributed by atoms with E-state index in [-0.39, 0.29) is 11.8 Å². The predicted molar refractivity (Wildman–Crippen MR) is 88.8 cm³/mol. The Hall–Kier alpha value is -3.10. The molecule has 0 aliphatic carbocycles. The Morgan fingerprint density at radius 1 is 1.04 bits per heavy atom. The van der Waals surface area contributed by atoms with E-state index in [0.29, 0.717) is 42.4 Å². The van der Waals surface area contributed by atoms with Crippen LogP contribution in [0.3, 0.4) is 0 Å². The van der Waals surface area contributed by atoms with Crippen molar-refractivity contribution in [2.24, 2.45) is 0 Å². The van der Waals surface area contributed by atoms with Crippen LogP contribution in [0.1, 0.15) is 26.3 Å². The zero-order valence-electron chi connectivity index (χ0n) is 12.9. The second-order valence-electron chi connectivity index (χ2n) is 5.72. The molecule has 2 aromatic rings. The normalized spacial score (nSPS) is 16.4. The molecule has 0 spiro atoms. The van der Waals surface area contributed by atoms with E-state index in [9.17, 15) is 9.59 Å². The molecule has 2 heterocycles. The Morgan fingerprint density at radius 3 is 2.42 bits per heavy atom. The van der Waals surface area contributed by atoms with Gasteiger partial charge < -0.3 is 4.74 Å². The number of anilines is 1. The van der Waals surface area contributed by atoms with E-state index < -0.39 is 0 Å². The van der Waals surface area contributed by atoms with Crippen molar-refractivity contribution >= 4 is 17.5 Å². The summed E-state index contributed by atoms with van der Waals surface area (Å²) >= 11 is 0. The fraction of sp³-hybridized carbons (Fsp3) is 0.158. The van der Waals surface area contributed by atoms with Gasteiger partial charge in [-0.05, 0) is 18.2 Å². The van der Waals surface area contributed by atoms with Crippen LogP contribution < -0.4 is 9.64 Å². The molecule has 0 atom stereocenters. The van der Waals surface area contributed by atoms with Crippen LogP contribution >= 0.6 is 0 Å². The molecule has 0 N–H and O–H groups in total. The van der Waals surface area contributed by atoms with Crippen molar-refractivity contribution in [1.29, 1.82) is 0 Å². The highest BCUT2D eigenvalue weighted by atomic mass is 16.5. The third-order valence-electron chi connectivity index (χ3n) is 4.21. The van der Waals surface area contributed by atoms with Crippen molar-refractivity contribution < 1.29 is 14.3 Å². The van der Waals surface area contributed by atoms with Crippen molar-refractivity contribution in [1.82, 2.24) is 4.90 Å². The minimum atomic E-state index is -0.321. The third-order valence-corrected chi connectivity index (χ3v) is 4.21. The van der Waals surface area contributed by atoms with Crippen molar-refractivity contribution in [3.05, 3.63) is 59.2 Å². The van der Waals surface area contributed by atoms with Gasteiger partial charge in [0.2, 0.25) is 0 Å². The molecule has 2 amide bonds. The number of ether oxygens (including phenoxy) is 1. The highest BCUT2D eigenvalue weighted by Gasteiger charge is 2.38. The van der Waals surface area contributed by atoms with Crippen LogP contribution in [0.4, 0.5) is 5.69 Å². The molecule has 5 nitrogen and oxygen atoms in total. The first kappa shape index (κ1) is 14.5. The number of hydrogen-bond donors (Lipinski definition) is 0. The Balaban J connectivity index is 1.75. The van der Waals surface area contributed by atoms with Crippen LogP contribution in [0, 0.1) is 12.3 Å². The first-order valence-electron chi connectivity index (χ1n) is 7.59. The summed E-state index contributed by atoms with van der Waals surface area (Å²) in [5, 5.41) is 0. The maximum absolute atomic E-state index is 12.7. The number of benzene rings is 2. The molecule has 2 aliphatic heterocycles. The van der Waals surface area contributed by atoms with E-state index in [2.05, 4.69) is 5.92 Å². The minimum Gasteiger partial charge on any atom is -0.476 e. The molecule has 0 radical (unpaired) electrons. The molecule has 0 saturated heterocycles. The molecular weight excluding hydrogens is 304 g/mol. The third kappa shape index (κ3) is 2.08. The van der Waals surface area contributed by atoms with E-state index in [0.717, 1.165) is 5.56 Å². The van der Waals surface area contributed by atoms with Gasteiger partial charge in [0, 0.05) is 12.1 Å². The van der Waals surface area contributed by atoms with Gasteiger partial charge >= 0.3 is 0 Å². The number of terminal acetylenes is 1. The topological polar surface area (TPSA) is 49.9 Å². The Kier molecular flexibility index (Phi) is 3.33. The number of imide groups is 1. The molecule has 2 aromatic carbocycles. The lowest BCUT2D eigenvalue weighted by molar-refractivity contribution is 0.0914. The van der Waals surface area contributed by atoms with Crippen LogP contribution in [0.15, 0.2) is 42.5 Å². The van der Waals surface area contributed by atoms with Crippen LogP contribution in [0.2, 0.25) is 0 Å². The number of nitrogens with zero attached hydrogens (tertiary/aromatic N) is 2. The molecule has 24 heavy (non-hydrogen) atoms. The van der Waals surface area contributed by atoms with E-state index in [1.54, 1.807) is 30.3 Å². The van der Waals surface area contributed by atoms with Gasteiger partial charge in [-0.2, -0.15) is 0 Å². The Morgan fingerprint density at radius 2 is 1.75 bits per heavy atom. The van der Waals surface area contributed by atoms with E-state index in [4.69, 9.17) is 11.2 Å². The van der Waals surface area contributed by atoms with Crippen molar-refractivity contribution in [2.45, 2.75) is 6.54 Å². The first-order valence-corrected chi connectivity index (χ1v) is 7.59. The molecule has 4 rings (SSSR count). The Bertz CT molecular complexity index is 863. The fourth-order valence-electron chi connectivity index (χ4n) is 3.12. The van der Waals surface area contributed by atoms with Gasteiger partial charge in [0.15, 0.2) is 0 Å². The second kappa shape index (κ2) is 5.52. The quantitative estimate of drug-likeness (QED) is 0.630. The standard InChI is InChI=1S/C19H14N2O3/c1-2-10-20-11-13-6-5-9-16(17(13)24-12-20)21-18(22)14-7-3-4-8-15(14)19(21)23/h1,3-9H,10-12H2. The van der Waals surface area contributed by atoms with Gasteiger partial charge in [0.05, 0.1) is 23.4 Å². The maximum Gasteiger partial charge on any atom is 0.266 e. The maximum atomic E-state index is 12.7. The lowest BCUT2D eigenvalue weighted by Gasteiger charge is -2.30. The van der Waals surface area contributed by atoms with Crippen LogP contribution in [0.25, 0.3) is 0 Å². The van der Waals surface area contributed by atoms with Gasteiger partial charge in [0.1, 0.15) is 12.5 Å². The van der Waals surface area contributed by atoms with E-state index in [1.165, 1.54) is 4.90 Å². The molecule has 5 heteroatoms. The summed E-state index contributed by atoms with van der Waals surface area (Å²) in [6.07, 6.45) is 5.35. The van der Waals surface area contributed by atoms with Gasteiger partial charge in [-0.1, -0.05) is 30.2 Å². The molecule has 0 fully saturated rings. The number of carbonyl (C=O) groups excluding carboxylic acids is 2. The summed E-state index contributed by atoms with van der Waals surface area (Å²) in [7, 11) is 0. The number of amides is 2. The zero-order valence-corrected chi connectivity index (χ0v) is 12.9. The zero-order chi connectivity index (χ0) is 16.7. The monoisotopic (exact) mass is 318 g/mol. The summed E-state index contributed by atoms with van der Waals surface area (Å²) < 4.78 is 5.81. The average molecular weight is 318 g/mol. The SMILES string of the molecule is C#CCN1COc2c(cccc2N2C(=O)c3ccccc3C2=O)C1. The number of fused-ring (bicyclic) bond motifs is 2. The van der Waals surface area contributed by atoms with Gasteiger partial charge in [-0.3, -0.25) is 14.5 Å².